The fourth-order valence-electron chi connectivity index (χ4n) is 0.970. The molecule has 0 spiro atoms. The summed E-state index contributed by atoms with van der Waals surface area (Å²) in [4.78, 5) is 9.26. The molecule has 0 radical (unpaired) electrons. The molecule has 0 aliphatic rings. The minimum absolute atomic E-state index is 0.893. The SMILES string of the molecule is CCCc1ccccc1Cl.CNC(=O)O. The first-order valence-corrected chi connectivity index (χ1v) is 5.13. The lowest BCUT2D eigenvalue weighted by atomic mass is 10.1. The second-order valence-electron chi connectivity index (χ2n) is 2.90. The molecule has 0 aliphatic carbocycles. The van der Waals surface area contributed by atoms with Crippen molar-refractivity contribution in [3.63, 3.8) is 0 Å². The van der Waals surface area contributed by atoms with E-state index in [1.165, 1.54) is 12.6 Å². The van der Waals surface area contributed by atoms with Crippen molar-refractivity contribution in [2.45, 2.75) is 19.8 Å². The smallest absolute Gasteiger partial charge is 0.404 e. The zero-order chi connectivity index (χ0) is 11.7. The van der Waals surface area contributed by atoms with Gasteiger partial charge in [-0.25, -0.2) is 4.79 Å². The van der Waals surface area contributed by atoms with Gasteiger partial charge in [0.15, 0.2) is 0 Å². The number of nitrogens with one attached hydrogen (secondary N) is 1. The molecule has 0 saturated carbocycles. The second-order valence-corrected chi connectivity index (χ2v) is 3.30. The van der Waals surface area contributed by atoms with E-state index in [2.05, 4.69) is 13.0 Å². The van der Waals surface area contributed by atoms with Gasteiger partial charge < -0.3 is 10.4 Å². The molecule has 0 saturated heterocycles. The van der Waals surface area contributed by atoms with Gasteiger partial charge in [-0.15, -0.1) is 0 Å². The minimum Gasteiger partial charge on any atom is -0.465 e. The average Bonchev–Trinajstić information content (AvgIpc) is 2.23. The lowest BCUT2D eigenvalue weighted by Crippen LogP contribution is -2.13. The van der Waals surface area contributed by atoms with Crippen LogP contribution in [0.4, 0.5) is 4.79 Å². The molecule has 4 heteroatoms. The summed E-state index contributed by atoms with van der Waals surface area (Å²) in [6.45, 7) is 2.16. The Bertz CT molecular complexity index is 302. The van der Waals surface area contributed by atoms with Gasteiger partial charge in [-0.3, -0.25) is 0 Å². The predicted molar refractivity (Wildman–Crippen MR) is 62.5 cm³/mol. The molecule has 1 rings (SSSR count). The van der Waals surface area contributed by atoms with E-state index in [1.807, 2.05) is 23.5 Å². The van der Waals surface area contributed by atoms with Crippen LogP contribution in [-0.4, -0.2) is 18.2 Å². The number of amides is 1. The Balaban J connectivity index is 0.000000336. The summed E-state index contributed by atoms with van der Waals surface area (Å²) in [6, 6.07) is 8.00. The van der Waals surface area contributed by atoms with Crippen LogP contribution in [-0.2, 0) is 6.42 Å². The first-order valence-electron chi connectivity index (χ1n) is 4.75. The maximum atomic E-state index is 9.26. The highest BCUT2D eigenvalue weighted by molar-refractivity contribution is 6.31. The van der Waals surface area contributed by atoms with E-state index in [4.69, 9.17) is 16.7 Å². The van der Waals surface area contributed by atoms with Gasteiger partial charge in [0.25, 0.3) is 0 Å². The van der Waals surface area contributed by atoms with Crippen LogP contribution >= 0.6 is 11.6 Å². The highest BCUT2D eigenvalue weighted by Crippen LogP contribution is 2.15. The largest absolute Gasteiger partial charge is 0.465 e. The first-order chi connectivity index (χ1) is 7.11. The standard InChI is InChI=1S/C9H11Cl.C2H5NO2/c1-2-5-8-6-3-4-7-9(8)10;1-3-2(4)5/h3-4,6-7H,2,5H2,1H3;3H,1H3,(H,4,5). The van der Waals surface area contributed by atoms with Crippen LogP contribution in [0, 0.1) is 0 Å². The van der Waals surface area contributed by atoms with E-state index in [-0.39, 0.29) is 0 Å². The van der Waals surface area contributed by atoms with Crippen molar-refractivity contribution in [2.24, 2.45) is 0 Å². The monoisotopic (exact) mass is 229 g/mol. The Kier molecular flexibility index (Phi) is 7.46. The number of aryl methyl sites for hydroxylation is 1. The van der Waals surface area contributed by atoms with Crippen molar-refractivity contribution in [3.8, 4) is 0 Å². The molecule has 1 aromatic carbocycles. The third kappa shape index (κ3) is 6.80. The van der Waals surface area contributed by atoms with Gasteiger partial charge in [0, 0.05) is 12.1 Å². The Morgan fingerprint density at radius 1 is 1.47 bits per heavy atom. The Labute approximate surface area is 95.1 Å². The summed E-state index contributed by atoms with van der Waals surface area (Å²) >= 11 is 5.90. The summed E-state index contributed by atoms with van der Waals surface area (Å²) in [5.74, 6) is 0. The molecule has 0 aromatic heterocycles. The minimum atomic E-state index is -0.995. The lowest BCUT2D eigenvalue weighted by molar-refractivity contribution is 0.197. The number of halogens is 1. The van der Waals surface area contributed by atoms with Gasteiger partial charge in [-0.2, -0.15) is 0 Å². The molecule has 0 aliphatic heterocycles. The van der Waals surface area contributed by atoms with E-state index in [1.54, 1.807) is 0 Å². The third-order valence-corrected chi connectivity index (χ3v) is 2.06. The van der Waals surface area contributed by atoms with E-state index < -0.39 is 6.09 Å². The predicted octanol–water partition coefficient (Wildman–Crippen LogP) is 3.18. The van der Waals surface area contributed by atoms with Gasteiger partial charge in [-0.05, 0) is 18.1 Å². The Hall–Kier alpha value is -1.22. The molecule has 0 unspecified atom stereocenters. The first kappa shape index (κ1) is 13.8. The fraction of sp³-hybridized carbons (Fsp3) is 0.364. The van der Waals surface area contributed by atoms with E-state index in [0.717, 1.165) is 17.9 Å². The zero-order valence-electron chi connectivity index (χ0n) is 8.96. The molecule has 3 nitrogen and oxygen atoms in total. The third-order valence-electron chi connectivity index (χ3n) is 1.69. The molecule has 84 valence electrons. The number of rotatable bonds is 2. The maximum absolute atomic E-state index is 9.26. The van der Waals surface area contributed by atoms with E-state index in [9.17, 15) is 4.79 Å². The van der Waals surface area contributed by atoms with Crippen molar-refractivity contribution in [3.05, 3.63) is 34.9 Å². The van der Waals surface area contributed by atoms with Crippen molar-refractivity contribution in [1.29, 1.82) is 0 Å². The molecule has 0 heterocycles. The summed E-state index contributed by atoms with van der Waals surface area (Å²) < 4.78 is 0. The summed E-state index contributed by atoms with van der Waals surface area (Å²) in [7, 11) is 1.35. The second kappa shape index (κ2) is 8.12. The van der Waals surface area contributed by atoms with Crippen molar-refractivity contribution >= 4 is 17.7 Å². The van der Waals surface area contributed by atoms with Crippen molar-refractivity contribution in [1.82, 2.24) is 5.32 Å². The number of carbonyl (C=O) groups is 1. The Morgan fingerprint density at radius 2 is 2.00 bits per heavy atom. The van der Waals surface area contributed by atoms with Gasteiger partial charge in [0.05, 0.1) is 0 Å². The number of carboxylic acid groups (broad SMARTS) is 1. The topological polar surface area (TPSA) is 49.3 Å². The highest BCUT2D eigenvalue weighted by atomic mass is 35.5. The lowest BCUT2D eigenvalue weighted by Gasteiger charge is -1.99. The van der Waals surface area contributed by atoms with Crippen LogP contribution in [0.1, 0.15) is 18.9 Å². The van der Waals surface area contributed by atoms with Gasteiger partial charge in [0.2, 0.25) is 0 Å². The molecule has 0 bridgehead atoms. The van der Waals surface area contributed by atoms with Crippen molar-refractivity contribution in [2.75, 3.05) is 7.05 Å². The molecule has 1 aromatic rings. The van der Waals surface area contributed by atoms with E-state index in [0.29, 0.717) is 0 Å². The molecule has 1 amide bonds. The zero-order valence-corrected chi connectivity index (χ0v) is 9.71. The summed E-state index contributed by atoms with van der Waals surface area (Å²) in [6.07, 6.45) is 1.24. The van der Waals surface area contributed by atoms with Crippen LogP contribution < -0.4 is 5.32 Å². The fourth-order valence-corrected chi connectivity index (χ4v) is 1.20. The molecular formula is C11H16ClNO2. The molecule has 0 fully saturated rings. The summed E-state index contributed by atoms with van der Waals surface area (Å²) in [5.41, 5.74) is 1.26. The Morgan fingerprint density at radius 3 is 2.40 bits per heavy atom. The van der Waals surface area contributed by atoms with Gasteiger partial charge in [-0.1, -0.05) is 43.1 Å². The number of hydrogen-bond acceptors (Lipinski definition) is 1. The number of benzene rings is 1. The van der Waals surface area contributed by atoms with Crippen LogP contribution in [0.15, 0.2) is 24.3 Å². The van der Waals surface area contributed by atoms with Crippen LogP contribution in [0.3, 0.4) is 0 Å². The molecule has 15 heavy (non-hydrogen) atoms. The normalized spacial score (nSPS) is 8.73. The maximum Gasteiger partial charge on any atom is 0.404 e. The van der Waals surface area contributed by atoms with Crippen LogP contribution in [0.2, 0.25) is 5.02 Å². The van der Waals surface area contributed by atoms with Crippen LogP contribution in [0.5, 0.6) is 0 Å². The number of hydrogen-bond donors (Lipinski definition) is 2. The highest BCUT2D eigenvalue weighted by Gasteiger charge is 1.94. The summed E-state index contributed by atoms with van der Waals surface area (Å²) in [5, 5.41) is 10.4. The van der Waals surface area contributed by atoms with Gasteiger partial charge in [0.1, 0.15) is 0 Å². The van der Waals surface area contributed by atoms with E-state index >= 15 is 0 Å². The molecule has 0 atom stereocenters. The molecular weight excluding hydrogens is 214 g/mol. The van der Waals surface area contributed by atoms with Crippen LogP contribution in [0.25, 0.3) is 0 Å². The van der Waals surface area contributed by atoms with Gasteiger partial charge >= 0.3 is 6.09 Å². The molecule has 2 N–H and O–H groups in total. The quantitative estimate of drug-likeness (QED) is 0.819. The van der Waals surface area contributed by atoms with Crippen molar-refractivity contribution < 1.29 is 9.90 Å². The average molecular weight is 230 g/mol.